The standard InChI is InChI=1S/C15H16N2O2/c16-12-8-4-5-9-13(12)17-14(15(18)19)10-11-6-2-1-3-7-11/h1-9,14,17H,10,16H2,(H,18,19)/t14-/m0/s1. The van der Waals surface area contributed by atoms with Gasteiger partial charge in [0.15, 0.2) is 0 Å². The Morgan fingerprint density at radius 3 is 2.37 bits per heavy atom. The van der Waals surface area contributed by atoms with Crippen LogP contribution in [-0.4, -0.2) is 17.1 Å². The summed E-state index contributed by atoms with van der Waals surface area (Å²) >= 11 is 0. The molecular formula is C15H16N2O2. The molecule has 0 amide bonds. The molecule has 0 fully saturated rings. The Morgan fingerprint density at radius 2 is 1.74 bits per heavy atom. The van der Waals surface area contributed by atoms with Crippen LogP contribution in [-0.2, 0) is 11.2 Å². The van der Waals surface area contributed by atoms with Gasteiger partial charge in [0.1, 0.15) is 6.04 Å². The minimum absolute atomic E-state index is 0.407. The van der Waals surface area contributed by atoms with Crippen molar-refractivity contribution in [3.8, 4) is 0 Å². The lowest BCUT2D eigenvalue weighted by Gasteiger charge is -2.17. The van der Waals surface area contributed by atoms with Gasteiger partial charge in [0, 0.05) is 6.42 Å². The highest BCUT2D eigenvalue weighted by atomic mass is 16.4. The summed E-state index contributed by atoms with van der Waals surface area (Å²) in [6.45, 7) is 0. The van der Waals surface area contributed by atoms with Crippen LogP contribution in [0.3, 0.4) is 0 Å². The zero-order chi connectivity index (χ0) is 13.7. The Kier molecular flexibility index (Phi) is 4.03. The number of rotatable bonds is 5. The van der Waals surface area contributed by atoms with Gasteiger partial charge in [-0.15, -0.1) is 0 Å². The topological polar surface area (TPSA) is 75.3 Å². The molecule has 2 rings (SSSR count). The molecule has 4 N–H and O–H groups in total. The summed E-state index contributed by atoms with van der Waals surface area (Å²) in [6.07, 6.45) is 0.407. The average molecular weight is 256 g/mol. The van der Waals surface area contributed by atoms with Crippen molar-refractivity contribution in [2.45, 2.75) is 12.5 Å². The molecule has 0 saturated carbocycles. The number of benzene rings is 2. The largest absolute Gasteiger partial charge is 0.480 e. The molecule has 19 heavy (non-hydrogen) atoms. The molecule has 2 aromatic rings. The van der Waals surface area contributed by atoms with E-state index >= 15 is 0 Å². The summed E-state index contributed by atoms with van der Waals surface area (Å²) in [6, 6.07) is 16.0. The Labute approximate surface area is 111 Å². The van der Waals surface area contributed by atoms with Crippen LogP contribution in [0.5, 0.6) is 0 Å². The second kappa shape index (κ2) is 5.91. The van der Waals surface area contributed by atoms with E-state index in [4.69, 9.17) is 5.73 Å². The number of carboxylic acids is 1. The number of nitrogens with two attached hydrogens (primary N) is 1. The second-order valence-corrected chi connectivity index (χ2v) is 4.31. The molecule has 0 radical (unpaired) electrons. The molecule has 0 aliphatic heterocycles. The van der Waals surface area contributed by atoms with Crippen LogP contribution in [0.15, 0.2) is 54.6 Å². The van der Waals surface area contributed by atoms with Crippen molar-refractivity contribution in [1.82, 2.24) is 0 Å². The minimum Gasteiger partial charge on any atom is -0.480 e. The summed E-state index contributed by atoms with van der Waals surface area (Å²) in [7, 11) is 0. The number of para-hydroxylation sites is 2. The van der Waals surface area contributed by atoms with Gasteiger partial charge in [-0.2, -0.15) is 0 Å². The Bertz CT molecular complexity index is 555. The van der Waals surface area contributed by atoms with Crippen molar-refractivity contribution in [2.75, 3.05) is 11.1 Å². The number of hydrogen-bond donors (Lipinski definition) is 3. The second-order valence-electron chi connectivity index (χ2n) is 4.31. The fourth-order valence-electron chi connectivity index (χ4n) is 1.87. The first-order valence-corrected chi connectivity index (χ1v) is 6.04. The third-order valence-electron chi connectivity index (χ3n) is 2.87. The minimum atomic E-state index is -0.896. The van der Waals surface area contributed by atoms with E-state index < -0.39 is 12.0 Å². The Hall–Kier alpha value is -2.49. The monoisotopic (exact) mass is 256 g/mol. The van der Waals surface area contributed by atoms with E-state index in [1.807, 2.05) is 42.5 Å². The molecule has 4 nitrogen and oxygen atoms in total. The first-order valence-electron chi connectivity index (χ1n) is 6.04. The van der Waals surface area contributed by atoms with Gasteiger partial charge >= 0.3 is 5.97 Å². The number of nitrogen functional groups attached to an aromatic ring is 1. The van der Waals surface area contributed by atoms with Crippen molar-refractivity contribution >= 4 is 17.3 Å². The van der Waals surface area contributed by atoms with Gasteiger partial charge in [0.05, 0.1) is 11.4 Å². The third kappa shape index (κ3) is 3.48. The molecule has 0 spiro atoms. The van der Waals surface area contributed by atoms with E-state index in [9.17, 15) is 9.90 Å². The van der Waals surface area contributed by atoms with E-state index in [0.717, 1.165) is 5.56 Å². The maximum atomic E-state index is 11.3. The van der Waals surface area contributed by atoms with Crippen LogP contribution in [0.2, 0.25) is 0 Å². The summed E-state index contributed by atoms with van der Waals surface area (Å²) in [4.78, 5) is 11.3. The summed E-state index contributed by atoms with van der Waals surface area (Å²) < 4.78 is 0. The zero-order valence-electron chi connectivity index (χ0n) is 10.4. The average Bonchev–Trinajstić information content (AvgIpc) is 2.41. The summed E-state index contributed by atoms with van der Waals surface area (Å²) in [5.74, 6) is -0.896. The number of carboxylic acid groups (broad SMARTS) is 1. The maximum absolute atomic E-state index is 11.3. The highest BCUT2D eigenvalue weighted by Gasteiger charge is 2.18. The Morgan fingerprint density at radius 1 is 1.11 bits per heavy atom. The molecule has 98 valence electrons. The molecule has 0 aliphatic carbocycles. The van der Waals surface area contributed by atoms with Crippen molar-refractivity contribution in [3.05, 3.63) is 60.2 Å². The number of carbonyl (C=O) groups is 1. The normalized spacial score (nSPS) is 11.8. The highest BCUT2D eigenvalue weighted by molar-refractivity contribution is 5.80. The molecule has 0 heterocycles. The van der Waals surface area contributed by atoms with Crippen LogP contribution in [0.4, 0.5) is 11.4 Å². The molecule has 2 aromatic carbocycles. The van der Waals surface area contributed by atoms with Crippen molar-refractivity contribution in [3.63, 3.8) is 0 Å². The fraction of sp³-hybridized carbons (Fsp3) is 0.133. The van der Waals surface area contributed by atoms with Gasteiger partial charge in [0.2, 0.25) is 0 Å². The number of aliphatic carboxylic acids is 1. The molecule has 1 atom stereocenters. The van der Waals surface area contributed by atoms with E-state index in [1.165, 1.54) is 0 Å². The molecule has 0 aliphatic rings. The Balaban J connectivity index is 2.13. The fourth-order valence-corrected chi connectivity index (χ4v) is 1.87. The number of nitrogens with one attached hydrogen (secondary N) is 1. The molecular weight excluding hydrogens is 240 g/mol. The van der Waals surface area contributed by atoms with E-state index in [2.05, 4.69) is 5.32 Å². The highest BCUT2D eigenvalue weighted by Crippen LogP contribution is 2.19. The van der Waals surface area contributed by atoms with E-state index in [0.29, 0.717) is 17.8 Å². The van der Waals surface area contributed by atoms with Gasteiger partial charge in [0.25, 0.3) is 0 Å². The lowest BCUT2D eigenvalue weighted by molar-refractivity contribution is -0.137. The predicted octanol–water partition coefficient (Wildman–Crippen LogP) is 2.38. The SMILES string of the molecule is Nc1ccccc1N[C@@H](Cc1ccccc1)C(=O)O. The first kappa shape index (κ1) is 13.0. The van der Waals surface area contributed by atoms with Crippen LogP contribution in [0.25, 0.3) is 0 Å². The lowest BCUT2D eigenvalue weighted by atomic mass is 10.1. The van der Waals surface area contributed by atoms with Crippen LogP contribution in [0.1, 0.15) is 5.56 Å². The quantitative estimate of drug-likeness (QED) is 0.718. The number of anilines is 2. The van der Waals surface area contributed by atoms with Crippen LogP contribution < -0.4 is 11.1 Å². The summed E-state index contributed by atoms with van der Waals surface area (Å²) in [5, 5.41) is 12.3. The van der Waals surface area contributed by atoms with Crippen LogP contribution in [0, 0.1) is 0 Å². The van der Waals surface area contributed by atoms with Gasteiger partial charge < -0.3 is 16.2 Å². The molecule has 0 aromatic heterocycles. The molecule has 4 heteroatoms. The molecule has 0 saturated heterocycles. The van der Waals surface area contributed by atoms with Gasteiger partial charge in [-0.1, -0.05) is 42.5 Å². The van der Waals surface area contributed by atoms with Gasteiger partial charge in [-0.25, -0.2) is 4.79 Å². The number of hydrogen-bond acceptors (Lipinski definition) is 3. The van der Waals surface area contributed by atoms with Gasteiger partial charge in [-0.05, 0) is 17.7 Å². The molecule has 0 bridgehead atoms. The predicted molar refractivity (Wildman–Crippen MR) is 76.0 cm³/mol. The van der Waals surface area contributed by atoms with Crippen molar-refractivity contribution < 1.29 is 9.90 Å². The third-order valence-corrected chi connectivity index (χ3v) is 2.87. The molecule has 0 unspecified atom stereocenters. The zero-order valence-corrected chi connectivity index (χ0v) is 10.4. The van der Waals surface area contributed by atoms with E-state index in [1.54, 1.807) is 12.1 Å². The van der Waals surface area contributed by atoms with E-state index in [-0.39, 0.29) is 0 Å². The van der Waals surface area contributed by atoms with Crippen LogP contribution >= 0.6 is 0 Å². The van der Waals surface area contributed by atoms with Crippen molar-refractivity contribution in [2.24, 2.45) is 0 Å². The maximum Gasteiger partial charge on any atom is 0.326 e. The van der Waals surface area contributed by atoms with Crippen molar-refractivity contribution in [1.29, 1.82) is 0 Å². The summed E-state index contributed by atoms with van der Waals surface area (Å²) in [5.41, 5.74) is 7.96. The smallest absolute Gasteiger partial charge is 0.326 e. The first-order chi connectivity index (χ1) is 9.16. The van der Waals surface area contributed by atoms with Gasteiger partial charge in [-0.3, -0.25) is 0 Å². The lowest BCUT2D eigenvalue weighted by Crippen LogP contribution is -2.31.